The molecule has 0 aromatic carbocycles. The Labute approximate surface area is 222 Å². The van der Waals surface area contributed by atoms with Crippen molar-refractivity contribution < 1.29 is 22.8 Å². The fraction of sp³-hybridized carbons (Fsp3) is 0.889. The van der Waals surface area contributed by atoms with Crippen LogP contribution in [0, 0.1) is 17.8 Å². The van der Waals surface area contributed by atoms with Gasteiger partial charge in [-0.1, -0.05) is 52.4 Å². The van der Waals surface area contributed by atoms with Gasteiger partial charge in [0.25, 0.3) is 0 Å². The third-order valence-electron chi connectivity index (χ3n) is 9.32. The number of likely N-dealkylation sites (tertiary alicyclic amines) is 1. The van der Waals surface area contributed by atoms with Crippen LogP contribution < -0.4 is 10.6 Å². The number of fused-ring (bicyclic) bond motifs is 1. The summed E-state index contributed by atoms with van der Waals surface area (Å²) in [7, 11) is -3.53. The van der Waals surface area contributed by atoms with Gasteiger partial charge < -0.3 is 15.5 Å². The number of sulfonamides is 1. The molecule has 37 heavy (non-hydrogen) atoms. The molecule has 2 N–H and O–H groups in total. The molecule has 4 rings (SSSR count). The highest BCUT2D eigenvalue weighted by Gasteiger charge is 2.56. The van der Waals surface area contributed by atoms with Gasteiger partial charge in [0.1, 0.15) is 6.04 Å². The molecular weight excluding hydrogens is 492 g/mol. The molecule has 2 saturated heterocycles. The second kappa shape index (κ2) is 12.0. The molecule has 0 unspecified atom stereocenters. The van der Waals surface area contributed by atoms with Gasteiger partial charge in [-0.05, 0) is 44.4 Å². The van der Waals surface area contributed by atoms with E-state index in [4.69, 9.17) is 0 Å². The monoisotopic (exact) mass is 538 g/mol. The van der Waals surface area contributed by atoms with Crippen molar-refractivity contribution in [2.75, 3.05) is 19.3 Å². The van der Waals surface area contributed by atoms with Crippen molar-refractivity contribution in [1.82, 2.24) is 19.8 Å². The number of hydrogen-bond donors (Lipinski definition) is 2. The predicted octanol–water partition coefficient (Wildman–Crippen LogP) is 2.41. The summed E-state index contributed by atoms with van der Waals surface area (Å²) < 4.78 is 26.8. The van der Waals surface area contributed by atoms with Crippen LogP contribution >= 0.6 is 0 Å². The molecule has 5 atom stereocenters. The molecule has 2 saturated carbocycles. The van der Waals surface area contributed by atoms with Gasteiger partial charge in [-0.15, -0.1) is 0 Å². The van der Waals surface area contributed by atoms with E-state index in [-0.39, 0.29) is 42.1 Å². The molecule has 2 aliphatic heterocycles. The van der Waals surface area contributed by atoms with Gasteiger partial charge in [-0.3, -0.25) is 14.4 Å². The summed E-state index contributed by atoms with van der Waals surface area (Å²) in [5.41, 5.74) is 0. The first-order valence-corrected chi connectivity index (χ1v) is 16.3. The van der Waals surface area contributed by atoms with E-state index < -0.39 is 34.1 Å². The van der Waals surface area contributed by atoms with Crippen molar-refractivity contribution in [3.63, 3.8) is 0 Å². The van der Waals surface area contributed by atoms with E-state index in [0.717, 1.165) is 57.8 Å². The van der Waals surface area contributed by atoms with E-state index in [9.17, 15) is 22.8 Å². The molecule has 0 spiro atoms. The number of carbonyl (C=O) groups excluding carboxylic acids is 3. The van der Waals surface area contributed by atoms with E-state index >= 15 is 0 Å². The quantitative estimate of drug-likeness (QED) is 0.492. The summed E-state index contributed by atoms with van der Waals surface area (Å²) in [5.74, 6) is -1.14. The number of nitrogens with zero attached hydrogens (tertiary/aromatic N) is 2. The normalized spacial score (nSPS) is 29.5. The fourth-order valence-electron chi connectivity index (χ4n) is 6.98. The highest BCUT2D eigenvalue weighted by molar-refractivity contribution is 7.88. The van der Waals surface area contributed by atoms with Crippen molar-refractivity contribution in [3.8, 4) is 0 Å². The van der Waals surface area contributed by atoms with E-state index in [2.05, 4.69) is 10.6 Å². The van der Waals surface area contributed by atoms with Crippen LogP contribution in [0.15, 0.2) is 0 Å². The van der Waals surface area contributed by atoms with Crippen molar-refractivity contribution >= 4 is 27.7 Å². The van der Waals surface area contributed by atoms with Gasteiger partial charge in [0.05, 0.1) is 18.2 Å². The Kier molecular flexibility index (Phi) is 9.20. The first-order chi connectivity index (χ1) is 17.6. The van der Waals surface area contributed by atoms with E-state index in [1.54, 1.807) is 4.90 Å². The minimum absolute atomic E-state index is 0.0650. The number of hydrogen-bond acceptors (Lipinski definition) is 5. The molecular formula is C27H46N4O5S. The number of carbonyl (C=O) groups is 3. The van der Waals surface area contributed by atoms with Gasteiger partial charge in [0, 0.05) is 31.1 Å². The molecule has 0 aromatic heterocycles. The zero-order valence-electron chi connectivity index (χ0n) is 22.8. The van der Waals surface area contributed by atoms with Crippen LogP contribution in [0.3, 0.4) is 0 Å². The predicted molar refractivity (Wildman–Crippen MR) is 142 cm³/mol. The summed E-state index contributed by atoms with van der Waals surface area (Å²) in [6.07, 6.45) is 12.6. The highest BCUT2D eigenvalue weighted by Crippen LogP contribution is 2.39. The minimum atomic E-state index is -3.53. The Morgan fingerprint density at radius 2 is 1.57 bits per heavy atom. The molecule has 3 amide bonds. The molecule has 2 aliphatic carbocycles. The van der Waals surface area contributed by atoms with Crippen LogP contribution in [0.4, 0.5) is 0 Å². The largest absolute Gasteiger partial charge is 0.353 e. The zero-order chi connectivity index (χ0) is 26.7. The number of amides is 3. The minimum Gasteiger partial charge on any atom is -0.353 e. The summed E-state index contributed by atoms with van der Waals surface area (Å²) in [6, 6.07) is -1.42. The van der Waals surface area contributed by atoms with E-state index in [1.807, 2.05) is 13.8 Å². The van der Waals surface area contributed by atoms with Crippen molar-refractivity contribution in [1.29, 1.82) is 0 Å². The second-order valence-corrected chi connectivity index (χ2v) is 13.8. The van der Waals surface area contributed by atoms with Gasteiger partial charge in [-0.25, -0.2) is 8.42 Å². The molecule has 2 heterocycles. The van der Waals surface area contributed by atoms with Gasteiger partial charge in [0.15, 0.2) is 0 Å². The second-order valence-electron chi connectivity index (χ2n) is 11.9. The average molecular weight is 539 g/mol. The maximum atomic E-state index is 14.2. The maximum absolute atomic E-state index is 14.2. The van der Waals surface area contributed by atoms with Crippen LogP contribution in [0.1, 0.15) is 90.9 Å². The van der Waals surface area contributed by atoms with Crippen LogP contribution in [0.25, 0.3) is 0 Å². The van der Waals surface area contributed by atoms with E-state index in [0.29, 0.717) is 19.4 Å². The Hall–Kier alpha value is -1.68. The molecule has 210 valence electrons. The van der Waals surface area contributed by atoms with Crippen molar-refractivity contribution in [2.24, 2.45) is 17.8 Å². The molecule has 0 radical (unpaired) electrons. The number of rotatable bonds is 8. The fourth-order valence-corrected chi connectivity index (χ4v) is 8.13. The Balaban J connectivity index is 1.58. The SMILES string of the molecule is CC[C@@H](C)C(=O)N[C@H](C(=O)N1CC[C@@H]2[C@H]1[C@@H](C(=O)NC1CCCCC1)CN2S(C)(=O)=O)C1CCCCC1. The van der Waals surface area contributed by atoms with Crippen LogP contribution in [0.2, 0.25) is 0 Å². The standard InChI is InChI=1S/C27H46N4O5S/c1-4-18(2)25(32)29-23(19-11-7-5-8-12-19)27(34)30-16-15-22-24(30)21(17-31(22)37(3,35)36)26(33)28-20-13-9-6-10-14-20/h18-24H,4-17H2,1-3H3,(H,28,33)(H,29,32)/t18-,21+,22-,23+,24-/m1/s1. The Morgan fingerprint density at radius 1 is 0.946 bits per heavy atom. The van der Waals surface area contributed by atoms with Crippen molar-refractivity contribution in [2.45, 2.75) is 115 Å². The first kappa shape index (κ1) is 28.3. The molecule has 4 fully saturated rings. The van der Waals surface area contributed by atoms with Crippen LogP contribution in [-0.4, -0.2) is 78.9 Å². The third-order valence-corrected chi connectivity index (χ3v) is 10.6. The maximum Gasteiger partial charge on any atom is 0.245 e. The summed E-state index contributed by atoms with van der Waals surface area (Å²) >= 11 is 0. The van der Waals surface area contributed by atoms with Crippen LogP contribution in [0.5, 0.6) is 0 Å². The molecule has 10 heteroatoms. The number of nitrogens with one attached hydrogen (secondary N) is 2. The zero-order valence-corrected chi connectivity index (χ0v) is 23.6. The lowest BCUT2D eigenvalue weighted by atomic mass is 9.82. The Bertz CT molecular complexity index is 944. The smallest absolute Gasteiger partial charge is 0.245 e. The lowest BCUT2D eigenvalue weighted by Crippen LogP contribution is -2.57. The molecule has 4 aliphatic rings. The summed E-state index contributed by atoms with van der Waals surface area (Å²) in [6.45, 7) is 4.33. The summed E-state index contributed by atoms with van der Waals surface area (Å²) in [5, 5.41) is 6.27. The van der Waals surface area contributed by atoms with Gasteiger partial charge in [0.2, 0.25) is 27.7 Å². The average Bonchev–Trinajstić information content (AvgIpc) is 3.48. The molecule has 0 bridgehead atoms. The first-order valence-electron chi connectivity index (χ1n) is 14.5. The van der Waals surface area contributed by atoms with Gasteiger partial charge in [-0.2, -0.15) is 4.31 Å². The lowest BCUT2D eigenvalue weighted by Gasteiger charge is -2.36. The van der Waals surface area contributed by atoms with Crippen LogP contribution in [-0.2, 0) is 24.4 Å². The molecule has 0 aromatic rings. The lowest BCUT2D eigenvalue weighted by molar-refractivity contribution is -0.141. The van der Waals surface area contributed by atoms with E-state index in [1.165, 1.54) is 17.0 Å². The van der Waals surface area contributed by atoms with Gasteiger partial charge >= 0.3 is 0 Å². The topological polar surface area (TPSA) is 116 Å². The third kappa shape index (κ3) is 6.32. The van der Waals surface area contributed by atoms with Crippen molar-refractivity contribution in [3.05, 3.63) is 0 Å². The molecule has 9 nitrogen and oxygen atoms in total. The summed E-state index contributed by atoms with van der Waals surface area (Å²) in [4.78, 5) is 42.4. The Morgan fingerprint density at radius 3 is 2.16 bits per heavy atom. The highest BCUT2D eigenvalue weighted by atomic mass is 32.2.